The zero-order valence-electron chi connectivity index (χ0n) is 13.2. The van der Waals surface area contributed by atoms with Crippen LogP contribution in [0.5, 0.6) is 0 Å². The third-order valence-corrected chi connectivity index (χ3v) is 4.44. The Hall–Kier alpha value is -2.55. The number of nitrogens with one attached hydrogen (secondary N) is 2. The second-order valence-electron chi connectivity index (χ2n) is 5.50. The lowest BCUT2D eigenvalue weighted by Crippen LogP contribution is -2.45. The molecular weight excluding hydrogens is 328 g/mol. The molecule has 0 aliphatic carbocycles. The van der Waals surface area contributed by atoms with E-state index in [1.165, 1.54) is 18.3 Å². The van der Waals surface area contributed by atoms with Crippen LogP contribution in [0.2, 0.25) is 0 Å². The molecule has 1 aliphatic heterocycles. The minimum atomic E-state index is -0.211. The SMILES string of the molecule is CC(=O)Nc1nc(C(=O)NC2CCN(c3ncccn3)CC2)cs1. The molecule has 0 bridgehead atoms. The zero-order chi connectivity index (χ0) is 16.9. The van der Waals surface area contributed by atoms with E-state index in [1.807, 2.05) is 0 Å². The zero-order valence-corrected chi connectivity index (χ0v) is 14.0. The molecular formula is C15H18N6O2S. The third kappa shape index (κ3) is 4.05. The Kier molecular flexibility index (Phi) is 4.99. The van der Waals surface area contributed by atoms with E-state index in [2.05, 4.69) is 30.5 Å². The molecule has 2 amide bonds. The lowest BCUT2D eigenvalue weighted by molar-refractivity contribution is -0.114. The molecule has 0 aromatic carbocycles. The van der Waals surface area contributed by atoms with Crippen molar-refractivity contribution in [2.45, 2.75) is 25.8 Å². The molecule has 1 saturated heterocycles. The maximum atomic E-state index is 12.2. The summed E-state index contributed by atoms with van der Waals surface area (Å²) in [5, 5.41) is 7.65. The van der Waals surface area contributed by atoms with Crippen LogP contribution in [0.15, 0.2) is 23.8 Å². The number of anilines is 2. The summed E-state index contributed by atoms with van der Waals surface area (Å²) in [6, 6.07) is 1.89. The predicted octanol–water partition coefficient (Wildman–Crippen LogP) is 1.29. The molecule has 8 nitrogen and oxygen atoms in total. The summed E-state index contributed by atoms with van der Waals surface area (Å²) in [5.74, 6) is 0.311. The number of hydrogen-bond acceptors (Lipinski definition) is 7. The summed E-state index contributed by atoms with van der Waals surface area (Å²) in [6.07, 6.45) is 5.11. The second kappa shape index (κ2) is 7.35. The third-order valence-electron chi connectivity index (χ3n) is 3.68. The van der Waals surface area contributed by atoms with Gasteiger partial charge in [-0.25, -0.2) is 15.0 Å². The number of carbonyl (C=O) groups excluding carboxylic acids is 2. The molecule has 126 valence electrons. The minimum absolute atomic E-state index is 0.100. The molecule has 0 atom stereocenters. The van der Waals surface area contributed by atoms with Gasteiger partial charge >= 0.3 is 0 Å². The van der Waals surface area contributed by atoms with E-state index < -0.39 is 0 Å². The molecule has 0 radical (unpaired) electrons. The van der Waals surface area contributed by atoms with Gasteiger partial charge in [0.25, 0.3) is 5.91 Å². The number of hydrogen-bond donors (Lipinski definition) is 2. The van der Waals surface area contributed by atoms with Crippen molar-refractivity contribution in [3.8, 4) is 0 Å². The monoisotopic (exact) mass is 346 g/mol. The molecule has 0 unspecified atom stereocenters. The largest absolute Gasteiger partial charge is 0.348 e. The van der Waals surface area contributed by atoms with Crippen LogP contribution in [0, 0.1) is 0 Å². The molecule has 1 fully saturated rings. The lowest BCUT2D eigenvalue weighted by atomic mass is 10.1. The minimum Gasteiger partial charge on any atom is -0.348 e. The molecule has 2 aromatic rings. The number of amides is 2. The first-order chi connectivity index (χ1) is 11.6. The lowest BCUT2D eigenvalue weighted by Gasteiger charge is -2.32. The topological polar surface area (TPSA) is 100 Å². The van der Waals surface area contributed by atoms with Gasteiger partial charge in [-0.3, -0.25) is 9.59 Å². The Bertz CT molecular complexity index is 712. The average molecular weight is 346 g/mol. The highest BCUT2D eigenvalue weighted by atomic mass is 32.1. The summed E-state index contributed by atoms with van der Waals surface area (Å²) in [7, 11) is 0. The van der Waals surface area contributed by atoms with Crippen molar-refractivity contribution in [1.29, 1.82) is 0 Å². The first kappa shape index (κ1) is 16.3. The molecule has 3 heterocycles. The molecule has 2 N–H and O–H groups in total. The Morgan fingerprint density at radius 1 is 1.25 bits per heavy atom. The van der Waals surface area contributed by atoms with Crippen LogP contribution in [-0.4, -0.2) is 45.9 Å². The van der Waals surface area contributed by atoms with Crippen LogP contribution >= 0.6 is 11.3 Å². The summed E-state index contributed by atoms with van der Waals surface area (Å²) in [5.41, 5.74) is 0.331. The van der Waals surface area contributed by atoms with E-state index in [9.17, 15) is 9.59 Å². The quantitative estimate of drug-likeness (QED) is 0.865. The van der Waals surface area contributed by atoms with Crippen LogP contribution in [0.25, 0.3) is 0 Å². The Morgan fingerprint density at radius 2 is 1.96 bits per heavy atom. The highest BCUT2D eigenvalue weighted by Gasteiger charge is 2.23. The van der Waals surface area contributed by atoms with Crippen molar-refractivity contribution in [3.63, 3.8) is 0 Å². The molecule has 3 rings (SSSR count). The van der Waals surface area contributed by atoms with E-state index in [4.69, 9.17) is 0 Å². The molecule has 24 heavy (non-hydrogen) atoms. The highest BCUT2D eigenvalue weighted by Crippen LogP contribution is 2.18. The summed E-state index contributed by atoms with van der Waals surface area (Å²) in [6.45, 7) is 3.00. The smallest absolute Gasteiger partial charge is 0.271 e. The number of aromatic nitrogens is 3. The van der Waals surface area contributed by atoms with Gasteiger partial charge in [0, 0.05) is 43.8 Å². The van der Waals surface area contributed by atoms with Crippen LogP contribution in [0.4, 0.5) is 11.1 Å². The maximum Gasteiger partial charge on any atom is 0.271 e. The van der Waals surface area contributed by atoms with E-state index in [1.54, 1.807) is 23.8 Å². The van der Waals surface area contributed by atoms with E-state index in [-0.39, 0.29) is 17.9 Å². The average Bonchev–Trinajstić information content (AvgIpc) is 3.04. The van der Waals surface area contributed by atoms with Crippen molar-refractivity contribution in [2.24, 2.45) is 0 Å². The van der Waals surface area contributed by atoms with Crippen LogP contribution in [-0.2, 0) is 4.79 Å². The number of thiazole rings is 1. The molecule has 2 aromatic heterocycles. The first-order valence-corrected chi connectivity index (χ1v) is 8.56. The van der Waals surface area contributed by atoms with Gasteiger partial charge in [-0.05, 0) is 18.9 Å². The van der Waals surface area contributed by atoms with Gasteiger partial charge in [0.05, 0.1) is 0 Å². The summed E-state index contributed by atoms with van der Waals surface area (Å²) in [4.78, 5) is 38.0. The van der Waals surface area contributed by atoms with Crippen molar-refractivity contribution in [3.05, 3.63) is 29.5 Å². The van der Waals surface area contributed by atoms with Gasteiger partial charge in [-0.15, -0.1) is 11.3 Å². The predicted molar refractivity (Wildman–Crippen MR) is 91.2 cm³/mol. The molecule has 0 saturated carbocycles. The van der Waals surface area contributed by atoms with Crippen molar-refractivity contribution in [1.82, 2.24) is 20.3 Å². The fraction of sp³-hybridized carbons (Fsp3) is 0.400. The summed E-state index contributed by atoms with van der Waals surface area (Å²) < 4.78 is 0. The van der Waals surface area contributed by atoms with Crippen LogP contribution < -0.4 is 15.5 Å². The van der Waals surface area contributed by atoms with Gasteiger partial charge in [0.2, 0.25) is 11.9 Å². The molecule has 0 spiro atoms. The number of piperidine rings is 1. The van der Waals surface area contributed by atoms with Gasteiger partial charge in [-0.1, -0.05) is 0 Å². The standard InChI is InChI=1S/C15H18N6O2S/c1-10(22)18-15-20-12(9-24-15)13(23)19-11-3-7-21(8-4-11)14-16-5-2-6-17-14/h2,5-6,9,11H,3-4,7-8H2,1H3,(H,19,23)(H,18,20,22). The second-order valence-corrected chi connectivity index (χ2v) is 6.36. The van der Waals surface area contributed by atoms with Crippen molar-refractivity contribution in [2.75, 3.05) is 23.3 Å². The van der Waals surface area contributed by atoms with Crippen molar-refractivity contribution >= 4 is 34.2 Å². The first-order valence-electron chi connectivity index (χ1n) is 7.68. The van der Waals surface area contributed by atoms with Crippen molar-refractivity contribution < 1.29 is 9.59 Å². The van der Waals surface area contributed by atoms with Gasteiger partial charge in [-0.2, -0.15) is 0 Å². The Morgan fingerprint density at radius 3 is 2.62 bits per heavy atom. The number of rotatable bonds is 4. The van der Waals surface area contributed by atoms with Gasteiger partial charge in [0.1, 0.15) is 5.69 Å². The fourth-order valence-corrected chi connectivity index (χ4v) is 3.26. The number of carbonyl (C=O) groups is 2. The summed E-state index contributed by atoms with van der Waals surface area (Å²) >= 11 is 1.24. The molecule has 9 heteroatoms. The van der Waals surface area contributed by atoms with E-state index in [0.29, 0.717) is 10.8 Å². The van der Waals surface area contributed by atoms with Crippen LogP contribution in [0.1, 0.15) is 30.3 Å². The van der Waals surface area contributed by atoms with E-state index in [0.717, 1.165) is 31.9 Å². The maximum absolute atomic E-state index is 12.2. The normalized spacial score (nSPS) is 15.1. The van der Waals surface area contributed by atoms with Gasteiger partial charge in [0.15, 0.2) is 5.13 Å². The highest BCUT2D eigenvalue weighted by molar-refractivity contribution is 7.14. The van der Waals surface area contributed by atoms with E-state index >= 15 is 0 Å². The number of nitrogens with zero attached hydrogens (tertiary/aromatic N) is 4. The van der Waals surface area contributed by atoms with Crippen LogP contribution in [0.3, 0.4) is 0 Å². The van der Waals surface area contributed by atoms with Gasteiger partial charge < -0.3 is 15.5 Å². The Labute approximate surface area is 143 Å². The Balaban J connectivity index is 1.51. The molecule has 1 aliphatic rings. The fourth-order valence-electron chi connectivity index (χ4n) is 2.52.